The standard InChI is InChI=1S/C17H17Cl3N2O2/c1-10(2)24-12-5-3-4-11(6-12)22-17(23)9-21-16-8-14(19)13(18)7-15(16)20/h3-8,10,21H,9H2,1-2H3,(H,22,23). The molecular formula is C17H17Cl3N2O2. The Hall–Kier alpha value is -1.62. The second kappa shape index (κ2) is 8.47. The predicted molar refractivity (Wildman–Crippen MR) is 101 cm³/mol. The smallest absolute Gasteiger partial charge is 0.243 e. The van der Waals surface area contributed by atoms with Crippen molar-refractivity contribution in [1.82, 2.24) is 0 Å². The molecule has 0 bridgehead atoms. The van der Waals surface area contributed by atoms with E-state index < -0.39 is 0 Å². The third-order valence-corrected chi connectivity index (χ3v) is 3.97. The first kappa shape index (κ1) is 18.7. The van der Waals surface area contributed by atoms with Crippen LogP contribution < -0.4 is 15.4 Å². The van der Waals surface area contributed by atoms with Gasteiger partial charge in [-0.05, 0) is 38.1 Å². The van der Waals surface area contributed by atoms with Crippen molar-refractivity contribution in [2.75, 3.05) is 17.2 Å². The Morgan fingerprint density at radius 3 is 2.50 bits per heavy atom. The van der Waals surface area contributed by atoms with E-state index in [1.807, 2.05) is 26.0 Å². The molecule has 2 N–H and O–H groups in total. The van der Waals surface area contributed by atoms with Crippen molar-refractivity contribution in [2.24, 2.45) is 0 Å². The summed E-state index contributed by atoms with van der Waals surface area (Å²) in [5, 5.41) is 6.83. The third kappa shape index (κ3) is 5.48. The van der Waals surface area contributed by atoms with Crippen LogP contribution in [-0.4, -0.2) is 18.6 Å². The van der Waals surface area contributed by atoms with Crippen molar-refractivity contribution >= 4 is 52.1 Å². The summed E-state index contributed by atoms with van der Waals surface area (Å²) < 4.78 is 5.59. The fourth-order valence-corrected chi connectivity index (χ4v) is 2.57. The Kier molecular flexibility index (Phi) is 6.60. The zero-order chi connectivity index (χ0) is 17.7. The lowest BCUT2D eigenvalue weighted by atomic mass is 10.3. The van der Waals surface area contributed by atoms with Gasteiger partial charge in [-0.2, -0.15) is 0 Å². The number of carbonyl (C=O) groups excluding carboxylic acids is 1. The van der Waals surface area contributed by atoms with Crippen LogP contribution in [0.15, 0.2) is 36.4 Å². The Morgan fingerprint density at radius 1 is 1.08 bits per heavy atom. The number of hydrogen-bond donors (Lipinski definition) is 2. The number of carbonyl (C=O) groups is 1. The van der Waals surface area contributed by atoms with E-state index in [4.69, 9.17) is 39.5 Å². The van der Waals surface area contributed by atoms with Gasteiger partial charge in [0.1, 0.15) is 5.75 Å². The first-order valence-corrected chi connectivity index (χ1v) is 8.43. The fourth-order valence-electron chi connectivity index (χ4n) is 1.96. The minimum Gasteiger partial charge on any atom is -0.491 e. The van der Waals surface area contributed by atoms with Gasteiger partial charge in [0.05, 0.1) is 33.4 Å². The van der Waals surface area contributed by atoms with Crippen LogP contribution in [-0.2, 0) is 4.79 Å². The van der Waals surface area contributed by atoms with E-state index in [1.165, 1.54) is 6.07 Å². The molecule has 0 aliphatic carbocycles. The maximum absolute atomic E-state index is 12.1. The molecule has 0 heterocycles. The molecule has 0 unspecified atom stereocenters. The number of hydrogen-bond acceptors (Lipinski definition) is 3. The molecule has 128 valence electrons. The van der Waals surface area contributed by atoms with Crippen LogP contribution in [0.2, 0.25) is 15.1 Å². The zero-order valence-corrected chi connectivity index (χ0v) is 15.5. The van der Waals surface area contributed by atoms with E-state index in [0.717, 1.165) is 0 Å². The van der Waals surface area contributed by atoms with Gasteiger partial charge < -0.3 is 15.4 Å². The summed E-state index contributed by atoms with van der Waals surface area (Å²) >= 11 is 17.9. The highest BCUT2D eigenvalue weighted by molar-refractivity contribution is 6.44. The molecule has 0 aliphatic heterocycles. The van der Waals surface area contributed by atoms with Crippen LogP contribution in [0.25, 0.3) is 0 Å². The molecule has 2 rings (SSSR count). The summed E-state index contributed by atoms with van der Waals surface area (Å²) in [6, 6.07) is 10.3. The van der Waals surface area contributed by atoms with Crippen molar-refractivity contribution in [3.05, 3.63) is 51.5 Å². The van der Waals surface area contributed by atoms with Gasteiger partial charge in [0.25, 0.3) is 0 Å². The lowest BCUT2D eigenvalue weighted by Crippen LogP contribution is -2.22. The number of rotatable bonds is 6. The summed E-state index contributed by atoms with van der Waals surface area (Å²) in [5.74, 6) is 0.474. The van der Waals surface area contributed by atoms with Crippen LogP contribution in [0, 0.1) is 0 Å². The molecule has 0 aromatic heterocycles. The van der Waals surface area contributed by atoms with E-state index in [-0.39, 0.29) is 18.6 Å². The van der Waals surface area contributed by atoms with E-state index in [1.54, 1.807) is 18.2 Å². The number of benzene rings is 2. The molecule has 0 atom stereocenters. The van der Waals surface area contributed by atoms with Crippen molar-refractivity contribution in [3.63, 3.8) is 0 Å². The summed E-state index contributed by atoms with van der Waals surface area (Å²) in [4.78, 5) is 12.1. The van der Waals surface area contributed by atoms with Gasteiger partial charge >= 0.3 is 0 Å². The highest BCUT2D eigenvalue weighted by Gasteiger charge is 2.08. The first-order chi connectivity index (χ1) is 11.3. The third-order valence-electron chi connectivity index (χ3n) is 2.94. The van der Waals surface area contributed by atoms with Crippen molar-refractivity contribution in [3.8, 4) is 5.75 Å². The van der Waals surface area contributed by atoms with Gasteiger partial charge in [0.2, 0.25) is 5.91 Å². The normalized spacial score (nSPS) is 10.6. The number of amides is 1. The first-order valence-electron chi connectivity index (χ1n) is 7.30. The quantitative estimate of drug-likeness (QED) is 0.645. The summed E-state index contributed by atoms with van der Waals surface area (Å²) in [6.07, 6.45) is 0.0643. The Balaban J connectivity index is 1.95. The number of ether oxygens (including phenoxy) is 1. The Morgan fingerprint density at radius 2 is 1.79 bits per heavy atom. The molecule has 0 saturated carbocycles. The van der Waals surface area contributed by atoms with Gasteiger partial charge in [-0.25, -0.2) is 0 Å². The van der Waals surface area contributed by atoms with Crippen LogP contribution in [0.4, 0.5) is 11.4 Å². The fraction of sp³-hybridized carbons (Fsp3) is 0.235. The molecule has 7 heteroatoms. The largest absolute Gasteiger partial charge is 0.491 e. The van der Waals surface area contributed by atoms with Gasteiger partial charge in [0.15, 0.2) is 0 Å². The lowest BCUT2D eigenvalue weighted by molar-refractivity contribution is -0.114. The van der Waals surface area contributed by atoms with Crippen molar-refractivity contribution in [1.29, 1.82) is 0 Å². The molecule has 0 fully saturated rings. The van der Waals surface area contributed by atoms with Crippen LogP contribution in [0.1, 0.15) is 13.8 Å². The molecule has 2 aromatic carbocycles. The van der Waals surface area contributed by atoms with Gasteiger partial charge in [-0.15, -0.1) is 0 Å². The molecule has 0 aliphatic rings. The molecule has 2 aromatic rings. The number of anilines is 2. The zero-order valence-electron chi connectivity index (χ0n) is 13.2. The van der Waals surface area contributed by atoms with E-state index in [9.17, 15) is 4.79 Å². The molecule has 0 spiro atoms. The van der Waals surface area contributed by atoms with Crippen molar-refractivity contribution in [2.45, 2.75) is 20.0 Å². The molecule has 1 amide bonds. The SMILES string of the molecule is CC(C)Oc1cccc(NC(=O)CNc2cc(Cl)c(Cl)cc2Cl)c1. The number of nitrogens with one attached hydrogen (secondary N) is 2. The summed E-state index contributed by atoms with van der Waals surface area (Å²) in [5.41, 5.74) is 1.19. The number of halogens is 3. The van der Waals surface area contributed by atoms with Crippen LogP contribution in [0.5, 0.6) is 5.75 Å². The van der Waals surface area contributed by atoms with Gasteiger partial charge in [0, 0.05) is 11.8 Å². The highest BCUT2D eigenvalue weighted by Crippen LogP contribution is 2.32. The monoisotopic (exact) mass is 386 g/mol. The molecular weight excluding hydrogens is 371 g/mol. The maximum Gasteiger partial charge on any atom is 0.243 e. The predicted octanol–water partition coefficient (Wildman–Crippen LogP) is 5.48. The van der Waals surface area contributed by atoms with Crippen LogP contribution >= 0.6 is 34.8 Å². The minimum absolute atomic E-state index is 0.0347. The summed E-state index contributed by atoms with van der Waals surface area (Å²) in [7, 11) is 0. The average molecular weight is 388 g/mol. The second-order valence-corrected chi connectivity index (χ2v) is 6.56. The topological polar surface area (TPSA) is 50.4 Å². The average Bonchev–Trinajstić information content (AvgIpc) is 2.49. The van der Waals surface area contributed by atoms with Crippen molar-refractivity contribution < 1.29 is 9.53 Å². The van der Waals surface area contributed by atoms with E-state index in [0.29, 0.717) is 32.2 Å². The molecule has 24 heavy (non-hydrogen) atoms. The van der Waals surface area contributed by atoms with Crippen LogP contribution in [0.3, 0.4) is 0 Å². The maximum atomic E-state index is 12.1. The van der Waals surface area contributed by atoms with Gasteiger partial charge in [-0.3, -0.25) is 4.79 Å². The molecule has 4 nitrogen and oxygen atoms in total. The second-order valence-electron chi connectivity index (χ2n) is 5.34. The molecule has 0 radical (unpaired) electrons. The summed E-state index contributed by atoms with van der Waals surface area (Å²) in [6.45, 7) is 3.92. The Labute approximate surface area is 156 Å². The minimum atomic E-state index is -0.223. The van der Waals surface area contributed by atoms with E-state index >= 15 is 0 Å². The Bertz CT molecular complexity index is 736. The highest BCUT2D eigenvalue weighted by atomic mass is 35.5. The van der Waals surface area contributed by atoms with Gasteiger partial charge in [-0.1, -0.05) is 40.9 Å². The molecule has 0 saturated heterocycles. The van der Waals surface area contributed by atoms with E-state index in [2.05, 4.69) is 10.6 Å². The lowest BCUT2D eigenvalue weighted by Gasteiger charge is -2.12.